The highest BCUT2D eigenvalue weighted by molar-refractivity contribution is 6.34. The van der Waals surface area contributed by atoms with E-state index in [1.54, 1.807) is 20.3 Å². The van der Waals surface area contributed by atoms with E-state index < -0.39 is 0 Å². The van der Waals surface area contributed by atoms with E-state index in [0.717, 1.165) is 24.0 Å². The molecule has 0 spiro atoms. The molecule has 0 unspecified atom stereocenters. The van der Waals surface area contributed by atoms with Crippen molar-refractivity contribution < 1.29 is 9.47 Å². The Balaban J connectivity index is 1.80. The molecule has 0 bridgehead atoms. The molecule has 2 aromatic carbocycles. The van der Waals surface area contributed by atoms with Gasteiger partial charge in [0, 0.05) is 30.2 Å². The van der Waals surface area contributed by atoms with E-state index >= 15 is 0 Å². The minimum atomic E-state index is 0.383. The van der Waals surface area contributed by atoms with Crippen LogP contribution < -0.4 is 14.4 Å². The van der Waals surface area contributed by atoms with Gasteiger partial charge in [0.2, 0.25) is 0 Å². The van der Waals surface area contributed by atoms with Crippen LogP contribution in [-0.2, 0) is 0 Å². The zero-order valence-electron chi connectivity index (χ0n) is 19.4. The summed E-state index contributed by atoms with van der Waals surface area (Å²) in [5.41, 5.74) is 3.07. The van der Waals surface area contributed by atoms with Crippen molar-refractivity contribution in [2.45, 2.75) is 39.5 Å². The number of nitrogens with zero attached hydrogens (tertiary/aromatic N) is 3. The van der Waals surface area contributed by atoms with Gasteiger partial charge in [0.05, 0.1) is 19.7 Å². The first-order valence-corrected chi connectivity index (χ1v) is 11.6. The number of hydrogen-bond acceptors (Lipinski definition) is 5. The van der Waals surface area contributed by atoms with Crippen LogP contribution in [0.1, 0.15) is 50.9 Å². The monoisotopic (exact) mass is 453 g/mol. The Hall–Kier alpha value is -2.79. The van der Waals surface area contributed by atoms with Crippen LogP contribution in [-0.4, -0.2) is 37.3 Å². The molecule has 0 aliphatic rings. The molecule has 0 aliphatic heterocycles. The first kappa shape index (κ1) is 23.9. The zero-order valence-corrected chi connectivity index (χ0v) is 20.2. The van der Waals surface area contributed by atoms with E-state index in [1.807, 2.05) is 18.2 Å². The van der Waals surface area contributed by atoms with Crippen LogP contribution in [0.5, 0.6) is 11.5 Å². The second kappa shape index (κ2) is 11.7. The topological polar surface area (TPSA) is 47.5 Å². The lowest BCUT2D eigenvalue weighted by molar-refractivity contribution is 0.356. The standard InChI is InChI=1S/C26H32ClN3O2/c1-5-7-15-30(16-8-6-2)20-12-9-19(10-13-20)11-14-25-28-22-18-24(32-4)23(31-3)17-21(22)26(27)29-25/h9-14,17-18H,5-8,15-16H2,1-4H3/b14-11+. The lowest BCUT2D eigenvalue weighted by atomic mass is 10.1. The van der Waals surface area contributed by atoms with Crippen LogP contribution in [0.2, 0.25) is 5.15 Å². The Morgan fingerprint density at radius 2 is 1.50 bits per heavy atom. The average molecular weight is 454 g/mol. The highest BCUT2D eigenvalue weighted by Gasteiger charge is 2.11. The third-order valence-corrected chi connectivity index (χ3v) is 5.71. The van der Waals surface area contributed by atoms with E-state index in [4.69, 9.17) is 21.1 Å². The predicted molar refractivity (Wildman–Crippen MR) is 135 cm³/mol. The highest BCUT2D eigenvalue weighted by atomic mass is 35.5. The maximum absolute atomic E-state index is 6.42. The van der Waals surface area contributed by atoms with E-state index in [2.05, 4.69) is 53.0 Å². The summed E-state index contributed by atoms with van der Waals surface area (Å²) in [6.07, 6.45) is 8.71. The van der Waals surface area contributed by atoms with Crippen LogP contribution in [0, 0.1) is 0 Å². The molecule has 1 heterocycles. The maximum Gasteiger partial charge on any atom is 0.162 e. The first-order valence-electron chi connectivity index (χ1n) is 11.2. The van der Waals surface area contributed by atoms with Crippen molar-refractivity contribution in [3.63, 3.8) is 0 Å². The van der Waals surface area contributed by atoms with Gasteiger partial charge in [-0.15, -0.1) is 0 Å². The van der Waals surface area contributed by atoms with Gasteiger partial charge >= 0.3 is 0 Å². The van der Waals surface area contributed by atoms with Gasteiger partial charge in [-0.1, -0.05) is 56.5 Å². The van der Waals surface area contributed by atoms with E-state index in [9.17, 15) is 0 Å². The van der Waals surface area contributed by atoms with Crippen molar-refractivity contribution in [1.29, 1.82) is 0 Å². The summed E-state index contributed by atoms with van der Waals surface area (Å²) in [4.78, 5) is 11.5. The van der Waals surface area contributed by atoms with Crippen molar-refractivity contribution in [3.8, 4) is 11.5 Å². The molecule has 3 aromatic rings. The largest absolute Gasteiger partial charge is 0.493 e. The van der Waals surface area contributed by atoms with Gasteiger partial charge in [-0.25, -0.2) is 9.97 Å². The molecule has 0 atom stereocenters. The number of unbranched alkanes of at least 4 members (excludes halogenated alkanes) is 2. The zero-order chi connectivity index (χ0) is 22.9. The fraction of sp³-hybridized carbons (Fsp3) is 0.385. The molecular weight excluding hydrogens is 422 g/mol. The minimum Gasteiger partial charge on any atom is -0.493 e. The summed E-state index contributed by atoms with van der Waals surface area (Å²) in [6.45, 7) is 6.67. The number of fused-ring (bicyclic) bond motifs is 1. The molecule has 0 radical (unpaired) electrons. The first-order chi connectivity index (χ1) is 15.6. The summed E-state index contributed by atoms with van der Waals surface area (Å²) in [7, 11) is 3.19. The van der Waals surface area contributed by atoms with Gasteiger partial charge in [0.15, 0.2) is 17.3 Å². The number of aromatic nitrogens is 2. The quantitative estimate of drug-likeness (QED) is 0.296. The molecule has 0 amide bonds. The number of rotatable bonds is 11. The molecule has 0 aliphatic carbocycles. The van der Waals surface area contributed by atoms with Crippen molar-refractivity contribution in [2.24, 2.45) is 0 Å². The minimum absolute atomic E-state index is 0.383. The number of halogens is 1. The Kier molecular flexibility index (Phi) is 8.74. The number of hydrogen-bond donors (Lipinski definition) is 0. The molecule has 32 heavy (non-hydrogen) atoms. The Bertz CT molecular complexity index is 1040. The number of benzene rings is 2. The average Bonchev–Trinajstić information content (AvgIpc) is 2.82. The molecule has 5 nitrogen and oxygen atoms in total. The summed E-state index contributed by atoms with van der Waals surface area (Å²) in [5, 5.41) is 1.11. The molecule has 3 rings (SSSR count). The molecular formula is C26H32ClN3O2. The number of ether oxygens (including phenoxy) is 2. The third kappa shape index (κ3) is 5.92. The molecule has 6 heteroatoms. The summed E-state index contributed by atoms with van der Waals surface area (Å²) in [6, 6.07) is 12.3. The summed E-state index contributed by atoms with van der Waals surface area (Å²) >= 11 is 6.42. The van der Waals surface area contributed by atoms with Gasteiger partial charge in [-0.05, 0) is 42.7 Å². The van der Waals surface area contributed by atoms with Gasteiger partial charge in [0.25, 0.3) is 0 Å². The second-order valence-corrected chi connectivity index (χ2v) is 8.07. The summed E-state index contributed by atoms with van der Waals surface area (Å²) in [5.74, 6) is 1.75. The van der Waals surface area contributed by atoms with E-state index in [-0.39, 0.29) is 0 Å². The Morgan fingerprint density at radius 3 is 2.09 bits per heavy atom. The maximum atomic E-state index is 6.42. The summed E-state index contributed by atoms with van der Waals surface area (Å²) < 4.78 is 10.7. The lowest BCUT2D eigenvalue weighted by Crippen LogP contribution is -2.25. The van der Waals surface area contributed by atoms with Gasteiger partial charge in [-0.3, -0.25) is 0 Å². The third-order valence-electron chi connectivity index (χ3n) is 5.42. The SMILES string of the molecule is CCCCN(CCCC)c1ccc(/C=C/c2nc(Cl)c3cc(OC)c(OC)cc3n2)cc1. The fourth-order valence-electron chi connectivity index (χ4n) is 3.54. The molecule has 170 valence electrons. The smallest absolute Gasteiger partial charge is 0.162 e. The predicted octanol–water partition coefficient (Wildman–Crippen LogP) is 6.88. The number of anilines is 1. The van der Waals surface area contributed by atoms with Crippen molar-refractivity contribution >= 4 is 40.3 Å². The van der Waals surface area contributed by atoms with Gasteiger partial charge < -0.3 is 14.4 Å². The normalized spacial score (nSPS) is 11.3. The number of methoxy groups -OCH3 is 2. The Morgan fingerprint density at radius 1 is 0.875 bits per heavy atom. The van der Waals surface area contributed by atoms with Crippen LogP contribution in [0.4, 0.5) is 5.69 Å². The van der Waals surface area contributed by atoms with Gasteiger partial charge in [0.1, 0.15) is 5.15 Å². The molecule has 0 N–H and O–H groups in total. The molecule has 0 fully saturated rings. The fourth-order valence-corrected chi connectivity index (χ4v) is 3.78. The van der Waals surface area contributed by atoms with Crippen LogP contribution in [0.25, 0.3) is 23.1 Å². The van der Waals surface area contributed by atoms with E-state index in [1.165, 1.54) is 31.4 Å². The van der Waals surface area contributed by atoms with Crippen LogP contribution in [0.15, 0.2) is 36.4 Å². The van der Waals surface area contributed by atoms with Crippen molar-refractivity contribution in [2.75, 3.05) is 32.2 Å². The molecule has 1 aromatic heterocycles. The van der Waals surface area contributed by atoms with Crippen molar-refractivity contribution in [1.82, 2.24) is 9.97 Å². The van der Waals surface area contributed by atoms with Crippen LogP contribution >= 0.6 is 11.6 Å². The molecule has 0 saturated heterocycles. The molecule has 0 saturated carbocycles. The highest BCUT2D eigenvalue weighted by Crippen LogP contribution is 2.34. The second-order valence-electron chi connectivity index (χ2n) is 7.72. The van der Waals surface area contributed by atoms with Gasteiger partial charge in [-0.2, -0.15) is 0 Å². The van der Waals surface area contributed by atoms with Crippen LogP contribution in [0.3, 0.4) is 0 Å². The Labute approximate surface area is 196 Å². The van der Waals surface area contributed by atoms with E-state index in [0.29, 0.717) is 28.0 Å². The lowest BCUT2D eigenvalue weighted by Gasteiger charge is -2.24. The van der Waals surface area contributed by atoms with Crippen molar-refractivity contribution in [3.05, 3.63) is 52.9 Å².